The second kappa shape index (κ2) is 2.14. The summed E-state index contributed by atoms with van der Waals surface area (Å²) in [6, 6.07) is 2.54. The van der Waals surface area contributed by atoms with E-state index in [0.717, 1.165) is 12.3 Å². The normalized spacial score (nSPS) is 10.8. The van der Waals surface area contributed by atoms with Crippen LogP contribution in [-0.2, 0) is 0 Å². The third-order valence-corrected chi connectivity index (χ3v) is 1.64. The molecule has 0 fully saturated rings. The van der Waals surface area contributed by atoms with Crippen LogP contribution in [-0.4, -0.2) is 10.2 Å². The molecule has 2 N–H and O–H groups in total. The van der Waals surface area contributed by atoms with Gasteiger partial charge in [0.05, 0.1) is 5.39 Å². The largest absolute Gasteiger partial charge is 0.505 e. The number of phenolic OH excluding ortho intramolecular Hbond substituents is 1. The van der Waals surface area contributed by atoms with Gasteiger partial charge in [-0.25, -0.2) is 0 Å². The molecule has 1 aromatic heterocycles. The van der Waals surface area contributed by atoms with Gasteiger partial charge < -0.3 is 14.6 Å². The third-order valence-electron chi connectivity index (χ3n) is 1.64. The van der Waals surface area contributed by atoms with Crippen molar-refractivity contribution < 1.29 is 19.0 Å². The molecule has 3 nitrogen and oxygen atoms in total. The van der Waals surface area contributed by atoms with Gasteiger partial charge in [-0.15, -0.1) is 0 Å². The summed E-state index contributed by atoms with van der Waals surface area (Å²) < 4.78 is 17.6. The first kappa shape index (κ1) is 6.97. The molecule has 0 spiro atoms. The van der Waals surface area contributed by atoms with Crippen molar-refractivity contribution in [2.45, 2.75) is 0 Å². The van der Waals surface area contributed by atoms with Crippen LogP contribution in [0.15, 0.2) is 22.8 Å². The van der Waals surface area contributed by atoms with E-state index in [2.05, 4.69) is 4.42 Å². The van der Waals surface area contributed by atoms with E-state index in [1.807, 2.05) is 0 Å². The maximum atomic E-state index is 13.0. The molecule has 0 aliphatic heterocycles. The molecule has 0 bridgehead atoms. The van der Waals surface area contributed by atoms with Gasteiger partial charge in [-0.3, -0.25) is 0 Å². The number of fused-ring (bicyclic) bond motifs is 1. The maximum Gasteiger partial charge on any atom is 0.207 e. The highest BCUT2D eigenvalue weighted by molar-refractivity contribution is 5.85. The first-order chi connectivity index (χ1) is 5.70. The van der Waals surface area contributed by atoms with Crippen LogP contribution in [0, 0.1) is 5.82 Å². The second-order valence-corrected chi connectivity index (χ2v) is 2.40. The van der Waals surface area contributed by atoms with Crippen molar-refractivity contribution in [3.05, 3.63) is 24.2 Å². The molecule has 0 amide bonds. The van der Waals surface area contributed by atoms with Crippen LogP contribution in [0.2, 0.25) is 0 Å². The lowest BCUT2D eigenvalue weighted by Gasteiger charge is -1.93. The monoisotopic (exact) mass is 168 g/mol. The number of furan rings is 1. The minimum absolute atomic E-state index is 0.132. The van der Waals surface area contributed by atoms with Crippen molar-refractivity contribution in [3.8, 4) is 11.5 Å². The van der Waals surface area contributed by atoms with Crippen LogP contribution < -0.4 is 0 Å². The quantitative estimate of drug-likeness (QED) is 0.632. The summed E-state index contributed by atoms with van der Waals surface area (Å²) in [5.41, 5.74) is -0.132. The number of benzene rings is 1. The Labute approximate surface area is 66.7 Å². The Morgan fingerprint density at radius 1 is 1.17 bits per heavy atom. The summed E-state index contributed by atoms with van der Waals surface area (Å²) in [6.45, 7) is 0. The number of halogens is 1. The van der Waals surface area contributed by atoms with Gasteiger partial charge in [-0.2, -0.15) is 4.39 Å². The fraction of sp³-hybridized carbons (Fsp3) is 0. The van der Waals surface area contributed by atoms with Crippen LogP contribution >= 0.6 is 0 Å². The number of aromatic hydroxyl groups is 2. The summed E-state index contributed by atoms with van der Waals surface area (Å²) in [5, 5.41) is 18.2. The standard InChI is InChI=1S/C8H5FO3/c9-7-5(10)2-1-4-6(11)3-12-8(4)7/h1-3,10-11H. The molecule has 62 valence electrons. The SMILES string of the molecule is Oc1ccc2c(O)coc2c1F. The van der Waals surface area contributed by atoms with Crippen LogP contribution in [0.1, 0.15) is 0 Å². The Balaban J connectivity index is 2.93. The van der Waals surface area contributed by atoms with Crippen molar-refractivity contribution in [2.75, 3.05) is 0 Å². The Morgan fingerprint density at radius 2 is 1.92 bits per heavy atom. The van der Waals surface area contributed by atoms with Crippen LogP contribution in [0.4, 0.5) is 4.39 Å². The summed E-state index contributed by atoms with van der Waals surface area (Å²) in [6.07, 6.45) is 1.02. The van der Waals surface area contributed by atoms with Gasteiger partial charge in [-0.05, 0) is 12.1 Å². The van der Waals surface area contributed by atoms with E-state index >= 15 is 0 Å². The minimum Gasteiger partial charge on any atom is -0.505 e. The molecular weight excluding hydrogens is 163 g/mol. The highest BCUT2D eigenvalue weighted by Crippen LogP contribution is 2.32. The fourth-order valence-electron chi connectivity index (χ4n) is 1.04. The molecule has 0 atom stereocenters. The zero-order valence-corrected chi connectivity index (χ0v) is 5.91. The molecule has 1 aromatic carbocycles. The van der Waals surface area contributed by atoms with Crippen LogP contribution in [0.5, 0.6) is 11.5 Å². The highest BCUT2D eigenvalue weighted by Gasteiger charge is 2.12. The lowest BCUT2D eigenvalue weighted by Crippen LogP contribution is -1.75. The fourth-order valence-corrected chi connectivity index (χ4v) is 1.04. The number of phenols is 1. The van der Waals surface area contributed by atoms with E-state index in [1.54, 1.807) is 0 Å². The lowest BCUT2D eigenvalue weighted by atomic mass is 10.2. The molecule has 0 radical (unpaired) electrons. The summed E-state index contributed by atoms with van der Waals surface area (Å²) in [7, 11) is 0. The lowest BCUT2D eigenvalue weighted by molar-refractivity contribution is 0.428. The smallest absolute Gasteiger partial charge is 0.207 e. The summed E-state index contributed by atoms with van der Waals surface area (Å²) >= 11 is 0. The average molecular weight is 168 g/mol. The van der Waals surface area contributed by atoms with Gasteiger partial charge in [0.25, 0.3) is 0 Å². The predicted molar refractivity (Wildman–Crippen MR) is 39.5 cm³/mol. The molecule has 0 saturated carbocycles. The van der Waals surface area contributed by atoms with Crippen molar-refractivity contribution in [3.63, 3.8) is 0 Å². The molecule has 0 aliphatic rings. The average Bonchev–Trinajstić information content (AvgIpc) is 2.41. The van der Waals surface area contributed by atoms with E-state index in [4.69, 9.17) is 10.2 Å². The molecular formula is C8H5FO3. The number of hydrogen-bond acceptors (Lipinski definition) is 3. The predicted octanol–water partition coefficient (Wildman–Crippen LogP) is 1.98. The van der Waals surface area contributed by atoms with Crippen molar-refractivity contribution in [1.29, 1.82) is 0 Å². The molecule has 2 rings (SSSR count). The Bertz CT molecular complexity index is 433. The second-order valence-electron chi connectivity index (χ2n) is 2.40. The number of hydrogen-bond donors (Lipinski definition) is 2. The third kappa shape index (κ3) is 0.747. The van der Waals surface area contributed by atoms with Crippen LogP contribution in [0.25, 0.3) is 11.0 Å². The van der Waals surface area contributed by atoms with Gasteiger partial charge in [-0.1, -0.05) is 0 Å². The molecule has 1 heterocycles. The molecule has 0 unspecified atom stereocenters. The minimum atomic E-state index is -0.854. The Kier molecular flexibility index (Phi) is 1.24. The molecule has 4 heteroatoms. The van der Waals surface area contributed by atoms with Gasteiger partial charge >= 0.3 is 0 Å². The van der Waals surface area contributed by atoms with E-state index in [1.165, 1.54) is 6.07 Å². The topological polar surface area (TPSA) is 53.6 Å². The molecule has 12 heavy (non-hydrogen) atoms. The van der Waals surface area contributed by atoms with E-state index in [-0.39, 0.29) is 16.7 Å². The maximum absolute atomic E-state index is 13.0. The van der Waals surface area contributed by atoms with Gasteiger partial charge in [0.1, 0.15) is 6.26 Å². The Morgan fingerprint density at radius 3 is 2.67 bits per heavy atom. The van der Waals surface area contributed by atoms with E-state index < -0.39 is 11.6 Å². The summed E-state index contributed by atoms with van der Waals surface area (Å²) in [4.78, 5) is 0. The molecule has 2 aromatic rings. The first-order valence-corrected chi connectivity index (χ1v) is 3.28. The molecule has 0 aliphatic carbocycles. The van der Waals surface area contributed by atoms with Gasteiger partial charge in [0, 0.05) is 0 Å². The summed E-state index contributed by atoms with van der Waals surface area (Å²) in [5.74, 6) is -1.48. The number of rotatable bonds is 0. The molecule has 0 saturated heterocycles. The highest BCUT2D eigenvalue weighted by atomic mass is 19.1. The van der Waals surface area contributed by atoms with Crippen molar-refractivity contribution in [1.82, 2.24) is 0 Å². The van der Waals surface area contributed by atoms with E-state index in [0.29, 0.717) is 0 Å². The van der Waals surface area contributed by atoms with E-state index in [9.17, 15) is 4.39 Å². The van der Waals surface area contributed by atoms with Crippen LogP contribution in [0.3, 0.4) is 0 Å². The van der Waals surface area contributed by atoms with Crippen molar-refractivity contribution in [2.24, 2.45) is 0 Å². The van der Waals surface area contributed by atoms with Crippen molar-refractivity contribution >= 4 is 11.0 Å². The Hall–Kier alpha value is -1.71. The first-order valence-electron chi connectivity index (χ1n) is 3.28. The van der Waals surface area contributed by atoms with Gasteiger partial charge in [0.2, 0.25) is 5.82 Å². The zero-order chi connectivity index (χ0) is 8.72. The zero-order valence-electron chi connectivity index (χ0n) is 5.91. The van der Waals surface area contributed by atoms with Gasteiger partial charge in [0.15, 0.2) is 17.1 Å².